The number of hydrazine groups is 2. The molecule has 1 aromatic rings. The zero-order valence-electron chi connectivity index (χ0n) is 16.1. The summed E-state index contributed by atoms with van der Waals surface area (Å²) in [6.45, 7) is 7.25. The van der Waals surface area contributed by atoms with Gasteiger partial charge in [0, 0.05) is 18.3 Å². The Morgan fingerprint density at radius 1 is 1.48 bits per heavy atom. The fourth-order valence-corrected chi connectivity index (χ4v) is 2.92. The number of hydrogen-bond donors (Lipinski definition) is 2. The molecule has 0 aromatic heterocycles. The second-order valence-electron chi connectivity index (χ2n) is 6.33. The van der Waals surface area contributed by atoms with Crippen LogP contribution in [0.5, 0.6) is 5.75 Å². The molecule has 2 rings (SSSR count). The third kappa shape index (κ3) is 5.25. The first kappa shape index (κ1) is 20.8. The van der Waals surface area contributed by atoms with Crippen LogP contribution in [0.15, 0.2) is 40.6 Å². The number of halogens is 1. The van der Waals surface area contributed by atoms with Gasteiger partial charge in [0.25, 0.3) is 0 Å². The Balaban J connectivity index is 2.15. The summed E-state index contributed by atoms with van der Waals surface area (Å²) in [7, 11) is 3.47. The van der Waals surface area contributed by atoms with E-state index in [2.05, 4.69) is 28.5 Å². The number of guanidine groups is 1. The molecule has 27 heavy (non-hydrogen) atoms. The van der Waals surface area contributed by atoms with Gasteiger partial charge in [-0.1, -0.05) is 6.58 Å². The predicted molar refractivity (Wildman–Crippen MR) is 107 cm³/mol. The molecular weight excluding hydrogens is 349 g/mol. The minimum Gasteiger partial charge on any atom is -0.494 e. The van der Waals surface area contributed by atoms with Crippen molar-refractivity contribution in [3.63, 3.8) is 0 Å². The van der Waals surface area contributed by atoms with Crippen molar-refractivity contribution in [1.29, 1.82) is 0 Å². The number of ether oxygens (including phenoxy) is 1. The van der Waals surface area contributed by atoms with Gasteiger partial charge in [-0.05, 0) is 45.5 Å². The van der Waals surface area contributed by atoms with Crippen LogP contribution in [0.1, 0.15) is 19.8 Å². The Bertz CT molecular complexity index is 722. The standard InChI is InChI=1S/C18H28FN7O/c1-5-22-18(25(20)12-15-7-6-10-24(15)3)23-13(2)26(21)14-8-9-17(27-4)16(19)11-14/h5,8-9,11,15H,2,6-7,10,12,20-21H2,1,3-4H3/b22-5-,23-18+. The highest BCUT2D eigenvalue weighted by molar-refractivity contribution is 5.87. The van der Waals surface area contributed by atoms with Crippen molar-refractivity contribution >= 4 is 17.9 Å². The topological polar surface area (TPSA) is 95.7 Å². The van der Waals surface area contributed by atoms with Gasteiger partial charge < -0.3 is 9.64 Å². The highest BCUT2D eigenvalue weighted by Crippen LogP contribution is 2.24. The van der Waals surface area contributed by atoms with E-state index in [9.17, 15) is 4.39 Å². The van der Waals surface area contributed by atoms with E-state index in [0.717, 1.165) is 19.4 Å². The van der Waals surface area contributed by atoms with Gasteiger partial charge in [0.05, 0.1) is 19.3 Å². The fraction of sp³-hybridized carbons (Fsp3) is 0.444. The summed E-state index contributed by atoms with van der Waals surface area (Å²) < 4.78 is 18.8. The lowest BCUT2D eigenvalue weighted by Crippen LogP contribution is -2.45. The average molecular weight is 377 g/mol. The lowest BCUT2D eigenvalue weighted by Gasteiger charge is -2.26. The molecule has 1 aliphatic heterocycles. The quantitative estimate of drug-likeness (QED) is 0.339. The Morgan fingerprint density at radius 3 is 2.78 bits per heavy atom. The first-order chi connectivity index (χ1) is 12.9. The van der Waals surface area contributed by atoms with Crippen molar-refractivity contribution in [3.8, 4) is 5.75 Å². The van der Waals surface area contributed by atoms with E-state index in [1.807, 2.05) is 0 Å². The van der Waals surface area contributed by atoms with Crippen LogP contribution in [0.4, 0.5) is 10.1 Å². The number of nitrogens with two attached hydrogens (primary N) is 2. The molecule has 0 aliphatic carbocycles. The zero-order valence-corrected chi connectivity index (χ0v) is 16.1. The van der Waals surface area contributed by atoms with E-state index in [-0.39, 0.29) is 17.5 Å². The third-order valence-electron chi connectivity index (χ3n) is 4.50. The molecule has 0 saturated carbocycles. The third-order valence-corrected chi connectivity index (χ3v) is 4.50. The van der Waals surface area contributed by atoms with Crippen LogP contribution in [-0.4, -0.2) is 55.4 Å². The first-order valence-corrected chi connectivity index (χ1v) is 8.74. The molecule has 0 bridgehead atoms. The number of hydrogen-bond acceptors (Lipinski definition) is 6. The highest BCUT2D eigenvalue weighted by Gasteiger charge is 2.24. The Hall–Kier alpha value is -2.49. The number of likely N-dealkylation sites (N-methyl/N-ethyl adjacent to an activating group) is 1. The van der Waals surface area contributed by atoms with Gasteiger partial charge in [0.1, 0.15) is 5.82 Å². The maximum absolute atomic E-state index is 13.9. The van der Waals surface area contributed by atoms with Crippen molar-refractivity contribution < 1.29 is 9.13 Å². The number of aliphatic imine (C=N–C) groups is 2. The lowest BCUT2D eigenvalue weighted by molar-refractivity contribution is 0.253. The molecule has 1 fully saturated rings. The summed E-state index contributed by atoms with van der Waals surface area (Å²) in [4.78, 5) is 10.8. The molecule has 0 radical (unpaired) electrons. The number of nitrogens with zero attached hydrogens (tertiary/aromatic N) is 5. The lowest BCUT2D eigenvalue weighted by atomic mass is 10.2. The van der Waals surface area contributed by atoms with Gasteiger partial charge in [-0.2, -0.15) is 4.99 Å². The van der Waals surface area contributed by atoms with Crippen LogP contribution in [0.2, 0.25) is 0 Å². The molecule has 4 N–H and O–H groups in total. The Kier molecular flexibility index (Phi) is 7.28. The normalized spacial score (nSPS) is 18.1. The molecule has 9 heteroatoms. The minimum absolute atomic E-state index is 0.131. The number of anilines is 1. The van der Waals surface area contributed by atoms with Crippen LogP contribution >= 0.6 is 0 Å². The fourth-order valence-electron chi connectivity index (χ4n) is 2.92. The molecule has 1 aliphatic rings. The van der Waals surface area contributed by atoms with Crippen molar-refractivity contribution in [2.75, 3.05) is 32.3 Å². The first-order valence-electron chi connectivity index (χ1n) is 8.74. The van der Waals surface area contributed by atoms with Crippen molar-refractivity contribution in [2.24, 2.45) is 21.7 Å². The van der Waals surface area contributed by atoms with Gasteiger partial charge in [-0.25, -0.2) is 21.1 Å². The van der Waals surface area contributed by atoms with Crippen molar-refractivity contribution in [1.82, 2.24) is 9.91 Å². The molecule has 0 spiro atoms. The summed E-state index contributed by atoms with van der Waals surface area (Å²) in [5, 5.41) is 2.66. The number of likely N-dealkylation sites (tertiary alicyclic amines) is 1. The summed E-state index contributed by atoms with van der Waals surface area (Å²) in [5.74, 6) is 12.3. The van der Waals surface area contributed by atoms with Gasteiger partial charge in [0.15, 0.2) is 11.6 Å². The molecule has 1 aromatic carbocycles. The van der Waals surface area contributed by atoms with Crippen molar-refractivity contribution in [3.05, 3.63) is 36.4 Å². The number of benzene rings is 1. The molecule has 1 heterocycles. The number of methoxy groups -OCH3 is 1. The van der Waals surface area contributed by atoms with Gasteiger partial charge >= 0.3 is 0 Å². The van der Waals surface area contributed by atoms with Crippen LogP contribution in [0, 0.1) is 5.82 Å². The van der Waals surface area contributed by atoms with E-state index in [0.29, 0.717) is 18.3 Å². The van der Waals surface area contributed by atoms with E-state index >= 15 is 0 Å². The SMILES string of the molecule is C=C(/N=C(\N=C/C)N(N)CC1CCCN1C)N(N)c1ccc(OC)c(F)c1. The largest absolute Gasteiger partial charge is 0.494 e. The summed E-state index contributed by atoms with van der Waals surface area (Å²) >= 11 is 0. The molecule has 1 atom stereocenters. The summed E-state index contributed by atoms with van der Waals surface area (Å²) in [6, 6.07) is 4.68. The van der Waals surface area contributed by atoms with E-state index in [1.165, 1.54) is 29.3 Å². The molecule has 1 saturated heterocycles. The highest BCUT2D eigenvalue weighted by atomic mass is 19.1. The predicted octanol–water partition coefficient (Wildman–Crippen LogP) is 1.70. The molecular formula is C18H28FN7O. The van der Waals surface area contributed by atoms with Crippen LogP contribution in [0.25, 0.3) is 0 Å². The maximum atomic E-state index is 13.9. The van der Waals surface area contributed by atoms with Crippen LogP contribution in [0.3, 0.4) is 0 Å². The maximum Gasteiger partial charge on any atom is 0.241 e. The Morgan fingerprint density at radius 2 is 2.22 bits per heavy atom. The second-order valence-corrected chi connectivity index (χ2v) is 6.33. The summed E-state index contributed by atoms with van der Waals surface area (Å²) in [5.41, 5.74) is 0.376. The molecule has 8 nitrogen and oxygen atoms in total. The zero-order chi connectivity index (χ0) is 20.0. The minimum atomic E-state index is -0.529. The second kappa shape index (κ2) is 9.45. The average Bonchev–Trinajstić information content (AvgIpc) is 3.05. The smallest absolute Gasteiger partial charge is 0.241 e. The molecule has 148 valence electrons. The van der Waals surface area contributed by atoms with Crippen LogP contribution < -0.4 is 21.4 Å². The number of rotatable bonds is 6. The van der Waals surface area contributed by atoms with E-state index in [4.69, 9.17) is 16.4 Å². The van der Waals surface area contributed by atoms with E-state index < -0.39 is 5.82 Å². The molecule has 1 unspecified atom stereocenters. The van der Waals surface area contributed by atoms with Gasteiger partial charge in [0.2, 0.25) is 5.96 Å². The van der Waals surface area contributed by atoms with Crippen LogP contribution in [-0.2, 0) is 0 Å². The molecule has 0 amide bonds. The monoisotopic (exact) mass is 377 g/mol. The van der Waals surface area contributed by atoms with E-state index in [1.54, 1.807) is 19.2 Å². The van der Waals surface area contributed by atoms with Crippen molar-refractivity contribution in [2.45, 2.75) is 25.8 Å². The van der Waals surface area contributed by atoms with Gasteiger partial charge in [-0.3, -0.25) is 10.0 Å². The van der Waals surface area contributed by atoms with Gasteiger partial charge in [-0.15, -0.1) is 0 Å². The Labute approximate surface area is 159 Å². The summed E-state index contributed by atoms with van der Waals surface area (Å²) in [6.07, 6.45) is 3.81.